The quantitative estimate of drug-likeness (QED) is 0.858. The molecule has 1 N–H and O–H groups in total. The highest BCUT2D eigenvalue weighted by atomic mass is 16.5. The van der Waals surface area contributed by atoms with Crippen LogP contribution in [0.5, 0.6) is 0 Å². The third-order valence-electron chi connectivity index (χ3n) is 3.67. The zero-order valence-electron chi connectivity index (χ0n) is 12.8. The van der Waals surface area contributed by atoms with Gasteiger partial charge < -0.3 is 19.7 Å². The molecule has 21 heavy (non-hydrogen) atoms. The molecule has 2 atom stereocenters. The van der Waals surface area contributed by atoms with Crippen LogP contribution in [0, 0.1) is 0 Å². The Morgan fingerprint density at radius 1 is 1.38 bits per heavy atom. The maximum atomic E-state index is 12.5. The van der Waals surface area contributed by atoms with Crippen molar-refractivity contribution in [2.45, 2.75) is 25.6 Å². The van der Waals surface area contributed by atoms with Gasteiger partial charge in [-0.25, -0.2) is 0 Å². The minimum atomic E-state index is -0.0863. The van der Waals surface area contributed by atoms with E-state index >= 15 is 0 Å². The zero-order chi connectivity index (χ0) is 15.2. The Bertz CT molecular complexity index is 469. The first-order chi connectivity index (χ1) is 10.2. The van der Waals surface area contributed by atoms with Crippen molar-refractivity contribution in [2.75, 3.05) is 39.2 Å². The van der Waals surface area contributed by atoms with E-state index in [1.54, 1.807) is 31.4 Å². The molecule has 0 aromatic carbocycles. The fraction of sp³-hybridized carbons (Fsp3) is 0.600. The van der Waals surface area contributed by atoms with Crippen LogP contribution < -0.4 is 5.32 Å². The summed E-state index contributed by atoms with van der Waals surface area (Å²) in [6, 6.07) is 3.66. The molecule has 2 unspecified atom stereocenters. The van der Waals surface area contributed by atoms with Crippen LogP contribution in [0.4, 0.5) is 5.69 Å². The van der Waals surface area contributed by atoms with E-state index in [0.29, 0.717) is 18.8 Å². The maximum Gasteiger partial charge on any atom is 0.272 e. The molecule has 1 aromatic heterocycles. The van der Waals surface area contributed by atoms with Gasteiger partial charge in [-0.3, -0.25) is 9.78 Å². The van der Waals surface area contributed by atoms with E-state index in [1.807, 2.05) is 6.07 Å². The fourth-order valence-corrected chi connectivity index (χ4v) is 2.45. The molecule has 1 saturated heterocycles. The van der Waals surface area contributed by atoms with Gasteiger partial charge in [-0.15, -0.1) is 0 Å². The molecule has 1 aliphatic heterocycles. The summed E-state index contributed by atoms with van der Waals surface area (Å²) in [5.41, 5.74) is 1.36. The molecule has 1 aliphatic rings. The second-order valence-corrected chi connectivity index (χ2v) is 5.11. The van der Waals surface area contributed by atoms with Crippen LogP contribution >= 0.6 is 0 Å². The van der Waals surface area contributed by atoms with Crippen molar-refractivity contribution >= 4 is 11.6 Å². The molecule has 6 nitrogen and oxygen atoms in total. The van der Waals surface area contributed by atoms with Crippen molar-refractivity contribution in [2.24, 2.45) is 0 Å². The Hall–Kier alpha value is -1.66. The summed E-state index contributed by atoms with van der Waals surface area (Å²) in [6.45, 7) is 4.03. The van der Waals surface area contributed by atoms with E-state index in [0.717, 1.165) is 18.7 Å². The van der Waals surface area contributed by atoms with Crippen LogP contribution in [0.15, 0.2) is 18.3 Å². The lowest BCUT2D eigenvalue weighted by Gasteiger charge is -2.15. The van der Waals surface area contributed by atoms with Gasteiger partial charge in [0.25, 0.3) is 5.91 Å². The van der Waals surface area contributed by atoms with Gasteiger partial charge in [0.1, 0.15) is 17.9 Å². The Kier molecular flexibility index (Phi) is 5.52. The molecule has 0 spiro atoms. The third-order valence-corrected chi connectivity index (χ3v) is 3.67. The summed E-state index contributed by atoms with van der Waals surface area (Å²) in [7, 11) is 3.27. The lowest BCUT2D eigenvalue weighted by Crippen LogP contribution is -2.30. The molecule has 116 valence electrons. The van der Waals surface area contributed by atoms with Crippen molar-refractivity contribution < 1.29 is 14.3 Å². The predicted molar refractivity (Wildman–Crippen MR) is 80.5 cm³/mol. The van der Waals surface area contributed by atoms with Gasteiger partial charge in [0, 0.05) is 45.7 Å². The zero-order valence-corrected chi connectivity index (χ0v) is 12.8. The van der Waals surface area contributed by atoms with Crippen LogP contribution in [-0.4, -0.2) is 61.9 Å². The summed E-state index contributed by atoms with van der Waals surface area (Å²) >= 11 is 0. The Balaban J connectivity index is 2.06. The highest BCUT2D eigenvalue weighted by molar-refractivity contribution is 5.93. The molecule has 1 amide bonds. The molecule has 2 rings (SSSR count). The maximum absolute atomic E-state index is 12.5. The minimum Gasteiger partial charge on any atom is -0.385 e. The largest absolute Gasteiger partial charge is 0.385 e. The number of hydrogen-bond acceptors (Lipinski definition) is 5. The first-order valence-corrected chi connectivity index (χ1v) is 7.24. The van der Waals surface area contributed by atoms with Crippen LogP contribution in [0.2, 0.25) is 0 Å². The van der Waals surface area contributed by atoms with Crippen molar-refractivity contribution in [3.05, 3.63) is 24.0 Å². The second kappa shape index (κ2) is 7.38. The molecular weight excluding hydrogens is 270 g/mol. The summed E-state index contributed by atoms with van der Waals surface area (Å²) in [5, 5.41) is 3.26. The molecule has 0 bridgehead atoms. The van der Waals surface area contributed by atoms with Gasteiger partial charge in [-0.1, -0.05) is 6.92 Å². The number of pyridine rings is 1. The van der Waals surface area contributed by atoms with Crippen molar-refractivity contribution in [1.29, 1.82) is 0 Å². The van der Waals surface area contributed by atoms with E-state index in [4.69, 9.17) is 9.47 Å². The first kappa shape index (κ1) is 15.7. The number of nitrogens with zero attached hydrogens (tertiary/aromatic N) is 2. The number of hydrogen-bond donors (Lipinski definition) is 1. The summed E-state index contributed by atoms with van der Waals surface area (Å²) in [5.74, 6) is -0.0863. The molecule has 0 saturated carbocycles. The van der Waals surface area contributed by atoms with Crippen molar-refractivity contribution in [1.82, 2.24) is 9.88 Å². The fourth-order valence-electron chi connectivity index (χ4n) is 2.45. The summed E-state index contributed by atoms with van der Waals surface area (Å²) in [4.78, 5) is 18.4. The average molecular weight is 293 g/mol. The van der Waals surface area contributed by atoms with Crippen molar-refractivity contribution in [3.63, 3.8) is 0 Å². The molecule has 6 heteroatoms. The highest BCUT2D eigenvalue weighted by Gasteiger charge is 2.36. The van der Waals surface area contributed by atoms with E-state index in [2.05, 4.69) is 17.2 Å². The second-order valence-electron chi connectivity index (χ2n) is 5.11. The van der Waals surface area contributed by atoms with Crippen molar-refractivity contribution in [3.8, 4) is 0 Å². The number of amides is 1. The van der Waals surface area contributed by atoms with E-state index in [-0.39, 0.29) is 18.1 Å². The van der Waals surface area contributed by atoms with Gasteiger partial charge >= 0.3 is 0 Å². The van der Waals surface area contributed by atoms with E-state index < -0.39 is 0 Å². The Labute approximate surface area is 125 Å². The number of carbonyl (C=O) groups is 1. The van der Waals surface area contributed by atoms with Crippen LogP contribution in [0.25, 0.3) is 0 Å². The van der Waals surface area contributed by atoms with E-state index in [1.165, 1.54) is 0 Å². The summed E-state index contributed by atoms with van der Waals surface area (Å²) in [6.07, 6.45) is 2.52. The summed E-state index contributed by atoms with van der Waals surface area (Å²) < 4.78 is 10.7. The number of ether oxygens (including phenoxy) is 2. The standard InChI is InChI=1S/C15H23N3O3/c1-4-6-16-11-5-7-17-12(8-11)15(19)18-9-13(20-2)14(10-18)21-3/h5,7-8,13-14H,4,6,9-10H2,1-3H3,(H,16,17). The molecule has 1 fully saturated rings. The molecule has 0 radical (unpaired) electrons. The topological polar surface area (TPSA) is 63.7 Å². The van der Waals surface area contributed by atoms with Gasteiger partial charge in [-0.05, 0) is 18.6 Å². The van der Waals surface area contributed by atoms with Gasteiger partial charge in [-0.2, -0.15) is 0 Å². The van der Waals surface area contributed by atoms with Crippen LogP contribution in [0.1, 0.15) is 23.8 Å². The lowest BCUT2D eigenvalue weighted by molar-refractivity contribution is -0.00461. The van der Waals surface area contributed by atoms with Crippen LogP contribution in [-0.2, 0) is 9.47 Å². The van der Waals surface area contributed by atoms with Gasteiger partial charge in [0.05, 0.1) is 0 Å². The predicted octanol–water partition coefficient (Wildman–Crippen LogP) is 1.39. The number of anilines is 1. The number of aromatic nitrogens is 1. The normalized spacial score (nSPS) is 21.6. The number of likely N-dealkylation sites (tertiary alicyclic amines) is 1. The Morgan fingerprint density at radius 3 is 2.62 bits per heavy atom. The smallest absolute Gasteiger partial charge is 0.272 e. The monoisotopic (exact) mass is 293 g/mol. The SMILES string of the molecule is CCCNc1ccnc(C(=O)N2CC(OC)C(OC)C2)c1. The molecule has 0 aliphatic carbocycles. The van der Waals surface area contributed by atoms with Crippen LogP contribution in [0.3, 0.4) is 0 Å². The number of carbonyl (C=O) groups excluding carboxylic acids is 1. The number of rotatable bonds is 6. The van der Waals surface area contributed by atoms with E-state index in [9.17, 15) is 4.79 Å². The van der Waals surface area contributed by atoms with Gasteiger partial charge in [0.2, 0.25) is 0 Å². The number of nitrogens with one attached hydrogen (secondary N) is 1. The highest BCUT2D eigenvalue weighted by Crippen LogP contribution is 2.18. The average Bonchev–Trinajstić information content (AvgIpc) is 2.95. The molecule has 1 aromatic rings. The molecule has 2 heterocycles. The number of methoxy groups -OCH3 is 2. The molecular formula is C15H23N3O3. The minimum absolute atomic E-state index is 0.0830. The van der Waals surface area contributed by atoms with Gasteiger partial charge in [0.15, 0.2) is 0 Å². The Morgan fingerprint density at radius 2 is 2.05 bits per heavy atom. The third kappa shape index (κ3) is 3.71. The first-order valence-electron chi connectivity index (χ1n) is 7.24. The lowest BCUT2D eigenvalue weighted by atomic mass is 10.3.